The van der Waals surface area contributed by atoms with Crippen molar-refractivity contribution in [3.05, 3.63) is 88.4 Å². The smallest absolute Gasteiger partial charge is 0.270 e. The second-order valence-electron chi connectivity index (χ2n) is 7.04. The first-order chi connectivity index (χ1) is 14.5. The zero-order chi connectivity index (χ0) is 21.3. The molecule has 1 aromatic carbocycles. The van der Waals surface area contributed by atoms with E-state index in [0.717, 1.165) is 0 Å². The van der Waals surface area contributed by atoms with Crippen LogP contribution in [-0.2, 0) is 4.79 Å². The van der Waals surface area contributed by atoms with Gasteiger partial charge in [0.15, 0.2) is 5.78 Å². The van der Waals surface area contributed by atoms with E-state index in [1.54, 1.807) is 24.3 Å². The number of nitrogens with one attached hydrogen (secondary N) is 1. The fourth-order valence-electron chi connectivity index (χ4n) is 3.87. The number of Topliss-reactive ketones (excluding diaryl/α,β-unsaturated/α-hetero) is 1. The van der Waals surface area contributed by atoms with Gasteiger partial charge in [0.1, 0.15) is 11.6 Å². The number of benzene rings is 1. The summed E-state index contributed by atoms with van der Waals surface area (Å²) in [6.07, 6.45) is 4.43. The van der Waals surface area contributed by atoms with Crippen LogP contribution in [0.4, 0.5) is 4.39 Å². The number of nitrogens with zero attached hydrogens (tertiary/aromatic N) is 3. The monoisotopic (exact) mass is 403 g/mol. The van der Waals surface area contributed by atoms with Gasteiger partial charge in [-0.1, -0.05) is 12.1 Å². The number of carbonyl (C=O) groups excluding carboxylic acids is 2. The molecule has 150 valence electrons. The normalized spacial score (nSPS) is 18.7. The van der Waals surface area contributed by atoms with Gasteiger partial charge in [-0.15, -0.1) is 0 Å². The molecule has 8 heteroatoms. The number of nitrogens with two attached hydrogens (primary N) is 1. The van der Waals surface area contributed by atoms with Gasteiger partial charge >= 0.3 is 0 Å². The van der Waals surface area contributed by atoms with E-state index in [-0.39, 0.29) is 17.2 Å². The molecule has 4 rings (SSSR count). The lowest BCUT2D eigenvalue weighted by atomic mass is 9.76. The molecule has 2 aromatic rings. The Kier molecular flexibility index (Phi) is 5.02. The molecule has 0 saturated heterocycles. The summed E-state index contributed by atoms with van der Waals surface area (Å²) < 4.78 is 13.4. The van der Waals surface area contributed by atoms with Crippen LogP contribution in [0.2, 0.25) is 0 Å². The highest BCUT2D eigenvalue weighted by Gasteiger charge is 2.40. The maximum absolute atomic E-state index is 13.4. The molecule has 0 fully saturated rings. The summed E-state index contributed by atoms with van der Waals surface area (Å²) in [5.41, 5.74) is 11.1. The van der Waals surface area contributed by atoms with Gasteiger partial charge < -0.3 is 5.73 Å². The molecule has 30 heavy (non-hydrogen) atoms. The summed E-state index contributed by atoms with van der Waals surface area (Å²) in [5, 5.41) is 11.2. The third-order valence-corrected chi connectivity index (χ3v) is 5.27. The molecule has 3 N–H and O–H groups in total. The Morgan fingerprint density at radius 3 is 2.57 bits per heavy atom. The summed E-state index contributed by atoms with van der Waals surface area (Å²) in [6, 6.07) is 10.8. The van der Waals surface area contributed by atoms with Crippen molar-refractivity contribution in [3.8, 4) is 6.07 Å². The first-order valence-electron chi connectivity index (χ1n) is 9.44. The van der Waals surface area contributed by atoms with Gasteiger partial charge in [0.2, 0.25) is 0 Å². The van der Waals surface area contributed by atoms with E-state index in [0.29, 0.717) is 41.7 Å². The summed E-state index contributed by atoms with van der Waals surface area (Å²) in [6.45, 7) is 0. The fourth-order valence-corrected chi connectivity index (χ4v) is 3.87. The predicted molar refractivity (Wildman–Crippen MR) is 105 cm³/mol. The Balaban J connectivity index is 1.81. The van der Waals surface area contributed by atoms with Crippen LogP contribution in [0.5, 0.6) is 0 Å². The van der Waals surface area contributed by atoms with Crippen LogP contribution in [0.15, 0.2) is 71.5 Å². The molecule has 2 aliphatic rings. The highest BCUT2D eigenvalue weighted by molar-refractivity contribution is 6.00. The summed E-state index contributed by atoms with van der Waals surface area (Å²) in [7, 11) is 0. The van der Waals surface area contributed by atoms with E-state index in [2.05, 4.69) is 16.5 Å². The van der Waals surface area contributed by atoms with Gasteiger partial charge in [0.05, 0.1) is 17.6 Å². The van der Waals surface area contributed by atoms with E-state index >= 15 is 0 Å². The minimum absolute atomic E-state index is 0.0441. The Bertz CT molecular complexity index is 1120. The SMILES string of the molecule is N#CC1=C(N)N(NC(=O)c2ccncc2)C2=C(C(=O)CCC2)C1c1ccc(F)cc1. The predicted octanol–water partition coefficient (Wildman–Crippen LogP) is 2.67. The fraction of sp³-hybridized carbons (Fsp3) is 0.182. The van der Waals surface area contributed by atoms with Crippen molar-refractivity contribution in [2.24, 2.45) is 5.73 Å². The van der Waals surface area contributed by atoms with Crippen LogP contribution in [0.1, 0.15) is 41.1 Å². The topological polar surface area (TPSA) is 112 Å². The number of hydrazine groups is 1. The Hall–Kier alpha value is -3.99. The largest absolute Gasteiger partial charge is 0.383 e. The molecule has 7 nitrogen and oxygen atoms in total. The third-order valence-electron chi connectivity index (χ3n) is 5.27. The minimum atomic E-state index is -0.701. The van der Waals surface area contributed by atoms with Crippen LogP contribution in [0, 0.1) is 17.1 Å². The summed E-state index contributed by atoms with van der Waals surface area (Å²) >= 11 is 0. The molecular weight excluding hydrogens is 385 g/mol. The average molecular weight is 403 g/mol. The highest BCUT2D eigenvalue weighted by atomic mass is 19.1. The second-order valence-corrected chi connectivity index (χ2v) is 7.04. The molecule has 0 radical (unpaired) electrons. The zero-order valence-electron chi connectivity index (χ0n) is 15.9. The highest BCUT2D eigenvalue weighted by Crippen LogP contribution is 2.44. The van der Waals surface area contributed by atoms with Gasteiger partial charge in [0, 0.05) is 35.6 Å². The number of halogens is 1. The first kappa shape index (κ1) is 19.3. The number of allylic oxidation sites excluding steroid dienone is 3. The lowest BCUT2D eigenvalue weighted by molar-refractivity contribution is -0.116. The number of ketones is 1. The molecule has 1 amide bonds. The van der Waals surface area contributed by atoms with Crippen molar-refractivity contribution in [2.45, 2.75) is 25.2 Å². The summed E-state index contributed by atoms with van der Waals surface area (Å²) in [5.74, 6) is -1.63. The van der Waals surface area contributed by atoms with Crippen molar-refractivity contribution < 1.29 is 14.0 Å². The third kappa shape index (κ3) is 3.31. The van der Waals surface area contributed by atoms with Crippen LogP contribution in [0.3, 0.4) is 0 Å². The maximum Gasteiger partial charge on any atom is 0.270 e. The van der Waals surface area contributed by atoms with E-state index in [1.165, 1.54) is 29.5 Å². The number of rotatable bonds is 3. The van der Waals surface area contributed by atoms with Crippen molar-refractivity contribution >= 4 is 11.7 Å². The van der Waals surface area contributed by atoms with Crippen molar-refractivity contribution in [1.29, 1.82) is 5.26 Å². The summed E-state index contributed by atoms with van der Waals surface area (Å²) in [4.78, 5) is 29.5. The standard InChI is InChI=1S/C22H18FN5O2/c23-15-6-4-13(5-7-15)19-16(12-24)21(25)28(17-2-1-3-18(29)20(17)19)27-22(30)14-8-10-26-11-9-14/h4-11,19H,1-3,25H2,(H,27,30). The van der Waals surface area contributed by atoms with Gasteiger partial charge in [-0.05, 0) is 42.7 Å². The minimum Gasteiger partial charge on any atom is -0.383 e. The second kappa shape index (κ2) is 7.79. The van der Waals surface area contributed by atoms with E-state index in [4.69, 9.17) is 5.73 Å². The van der Waals surface area contributed by atoms with E-state index < -0.39 is 17.6 Å². The molecule has 0 spiro atoms. The Morgan fingerprint density at radius 1 is 1.20 bits per heavy atom. The average Bonchev–Trinajstić information content (AvgIpc) is 2.76. The van der Waals surface area contributed by atoms with E-state index in [9.17, 15) is 19.2 Å². The lowest BCUT2D eigenvalue weighted by Crippen LogP contribution is -2.48. The molecule has 1 aliphatic carbocycles. The molecule has 1 aliphatic heterocycles. The van der Waals surface area contributed by atoms with Crippen molar-refractivity contribution in [2.75, 3.05) is 0 Å². The Labute approximate surface area is 172 Å². The van der Waals surface area contributed by atoms with Crippen molar-refractivity contribution in [3.63, 3.8) is 0 Å². The van der Waals surface area contributed by atoms with Gasteiger partial charge in [-0.25, -0.2) is 9.40 Å². The van der Waals surface area contributed by atoms with Crippen molar-refractivity contribution in [1.82, 2.24) is 15.4 Å². The van der Waals surface area contributed by atoms with Gasteiger partial charge in [-0.3, -0.25) is 20.0 Å². The molecule has 0 saturated carbocycles. The number of carbonyl (C=O) groups is 2. The van der Waals surface area contributed by atoms with Crippen LogP contribution < -0.4 is 11.2 Å². The number of hydrogen-bond donors (Lipinski definition) is 2. The number of nitriles is 1. The molecule has 2 heterocycles. The molecule has 1 atom stereocenters. The van der Waals surface area contributed by atoms with Crippen LogP contribution in [-0.4, -0.2) is 21.7 Å². The first-order valence-corrected chi connectivity index (χ1v) is 9.44. The van der Waals surface area contributed by atoms with E-state index in [1.807, 2.05) is 0 Å². The zero-order valence-corrected chi connectivity index (χ0v) is 15.9. The van der Waals surface area contributed by atoms with Crippen LogP contribution >= 0.6 is 0 Å². The number of aromatic nitrogens is 1. The molecule has 0 bridgehead atoms. The Morgan fingerprint density at radius 2 is 1.90 bits per heavy atom. The quantitative estimate of drug-likeness (QED) is 0.815. The number of hydrogen-bond acceptors (Lipinski definition) is 6. The van der Waals surface area contributed by atoms with Gasteiger partial charge in [0.25, 0.3) is 5.91 Å². The molecule has 1 aromatic heterocycles. The lowest BCUT2D eigenvalue weighted by Gasteiger charge is -2.39. The molecule has 1 unspecified atom stereocenters. The molecular formula is C22H18FN5O2. The van der Waals surface area contributed by atoms with Crippen LogP contribution in [0.25, 0.3) is 0 Å². The maximum atomic E-state index is 13.4. The van der Waals surface area contributed by atoms with Gasteiger partial charge in [-0.2, -0.15) is 5.26 Å². The number of pyridine rings is 1. The number of amides is 1.